The third-order valence-corrected chi connectivity index (χ3v) is 4.77. The van der Waals surface area contributed by atoms with Crippen molar-refractivity contribution >= 4 is 75.8 Å². The zero-order valence-electron chi connectivity index (χ0n) is 9.45. The number of halogens is 3. The van der Waals surface area contributed by atoms with Crippen LogP contribution in [-0.4, -0.2) is 4.98 Å². The molecule has 96 valence electrons. The Balaban J connectivity index is 1.96. The first kappa shape index (κ1) is 13.4. The Morgan fingerprint density at radius 2 is 1.79 bits per heavy atom. The highest BCUT2D eigenvalue weighted by molar-refractivity contribution is 9.10. The molecule has 0 atom stereocenters. The van der Waals surface area contributed by atoms with E-state index in [1.54, 1.807) is 11.3 Å². The van der Waals surface area contributed by atoms with Gasteiger partial charge in [0.25, 0.3) is 0 Å². The third-order valence-electron chi connectivity index (χ3n) is 2.52. The zero-order chi connectivity index (χ0) is 13.4. The van der Waals surface area contributed by atoms with E-state index in [1.807, 2.05) is 36.4 Å². The van der Waals surface area contributed by atoms with Crippen molar-refractivity contribution < 1.29 is 0 Å². The van der Waals surface area contributed by atoms with Gasteiger partial charge in [-0.05, 0) is 36.4 Å². The molecule has 0 amide bonds. The smallest absolute Gasteiger partial charge is 0.188 e. The molecule has 1 heterocycles. The molecule has 1 N–H and O–H groups in total. The van der Waals surface area contributed by atoms with Crippen LogP contribution < -0.4 is 5.32 Å². The number of fused-ring (bicyclic) bond motifs is 1. The van der Waals surface area contributed by atoms with Crippen molar-refractivity contribution in [3.8, 4) is 0 Å². The molecule has 0 fully saturated rings. The SMILES string of the molecule is Clc1cc(Br)ccc1Nc1nc2cc(Br)ccc2s1. The van der Waals surface area contributed by atoms with Crippen LogP contribution in [0.5, 0.6) is 0 Å². The number of aromatic nitrogens is 1. The highest BCUT2D eigenvalue weighted by Gasteiger charge is 2.07. The molecule has 0 aliphatic heterocycles. The summed E-state index contributed by atoms with van der Waals surface area (Å²) >= 11 is 14.6. The summed E-state index contributed by atoms with van der Waals surface area (Å²) in [5, 5.41) is 4.74. The predicted molar refractivity (Wildman–Crippen MR) is 89.8 cm³/mol. The van der Waals surface area contributed by atoms with Gasteiger partial charge in [0.1, 0.15) is 0 Å². The number of rotatable bonds is 2. The molecule has 0 spiro atoms. The molecular formula is C13H7Br2ClN2S. The lowest BCUT2D eigenvalue weighted by atomic mass is 10.3. The van der Waals surface area contributed by atoms with Gasteiger partial charge < -0.3 is 5.32 Å². The van der Waals surface area contributed by atoms with E-state index in [4.69, 9.17) is 11.6 Å². The average molecular weight is 419 g/mol. The van der Waals surface area contributed by atoms with Gasteiger partial charge >= 0.3 is 0 Å². The molecule has 19 heavy (non-hydrogen) atoms. The van der Waals surface area contributed by atoms with E-state index in [-0.39, 0.29) is 0 Å². The van der Waals surface area contributed by atoms with E-state index in [0.29, 0.717) is 5.02 Å². The molecule has 1 aromatic heterocycles. The van der Waals surface area contributed by atoms with Gasteiger partial charge in [-0.1, -0.05) is 54.8 Å². The summed E-state index contributed by atoms with van der Waals surface area (Å²) in [5.41, 5.74) is 1.82. The van der Waals surface area contributed by atoms with Crippen LogP contribution in [-0.2, 0) is 0 Å². The number of benzene rings is 2. The molecule has 0 unspecified atom stereocenters. The molecule has 3 aromatic rings. The molecule has 6 heteroatoms. The van der Waals surface area contributed by atoms with Gasteiger partial charge in [0.15, 0.2) is 5.13 Å². The van der Waals surface area contributed by atoms with Crippen LogP contribution in [0.4, 0.5) is 10.8 Å². The molecule has 3 rings (SSSR count). The summed E-state index contributed by atoms with van der Waals surface area (Å²) in [6.45, 7) is 0. The van der Waals surface area contributed by atoms with Crippen LogP contribution in [0.1, 0.15) is 0 Å². The number of thiazole rings is 1. The Labute approximate surface area is 136 Å². The van der Waals surface area contributed by atoms with E-state index >= 15 is 0 Å². The summed E-state index contributed by atoms with van der Waals surface area (Å²) in [4.78, 5) is 4.54. The minimum absolute atomic E-state index is 0.662. The Morgan fingerprint density at radius 1 is 1.05 bits per heavy atom. The van der Waals surface area contributed by atoms with Crippen molar-refractivity contribution in [1.29, 1.82) is 0 Å². The van der Waals surface area contributed by atoms with Gasteiger partial charge in [0.05, 0.1) is 20.9 Å². The van der Waals surface area contributed by atoms with Crippen molar-refractivity contribution in [2.45, 2.75) is 0 Å². The fourth-order valence-corrected chi connectivity index (χ4v) is 3.59. The second-order valence-corrected chi connectivity index (χ2v) is 7.15. The molecular weight excluding hydrogens is 411 g/mol. The number of anilines is 2. The van der Waals surface area contributed by atoms with Crippen molar-refractivity contribution in [1.82, 2.24) is 4.98 Å². The molecule has 0 bridgehead atoms. The monoisotopic (exact) mass is 416 g/mol. The fraction of sp³-hybridized carbons (Fsp3) is 0. The lowest BCUT2D eigenvalue weighted by Gasteiger charge is -2.04. The van der Waals surface area contributed by atoms with E-state index in [2.05, 4.69) is 42.2 Å². The highest BCUT2D eigenvalue weighted by Crippen LogP contribution is 2.33. The van der Waals surface area contributed by atoms with Gasteiger partial charge in [-0.2, -0.15) is 0 Å². The predicted octanol–water partition coefficient (Wildman–Crippen LogP) is 6.22. The maximum atomic E-state index is 6.18. The van der Waals surface area contributed by atoms with E-state index in [0.717, 1.165) is 30.0 Å². The van der Waals surface area contributed by atoms with Crippen LogP contribution in [0, 0.1) is 0 Å². The number of hydrogen-bond acceptors (Lipinski definition) is 3. The Hall–Kier alpha value is -0.620. The van der Waals surface area contributed by atoms with Gasteiger partial charge in [0, 0.05) is 8.95 Å². The molecule has 2 aromatic carbocycles. The first-order chi connectivity index (χ1) is 9.11. The number of nitrogens with zero attached hydrogens (tertiary/aromatic N) is 1. The minimum Gasteiger partial charge on any atom is -0.330 e. The lowest BCUT2D eigenvalue weighted by molar-refractivity contribution is 1.44. The van der Waals surface area contributed by atoms with Crippen LogP contribution in [0.25, 0.3) is 10.2 Å². The van der Waals surface area contributed by atoms with Crippen molar-refractivity contribution in [2.75, 3.05) is 5.32 Å². The van der Waals surface area contributed by atoms with Crippen molar-refractivity contribution in [3.63, 3.8) is 0 Å². The normalized spacial score (nSPS) is 10.9. The minimum atomic E-state index is 0.662. The summed E-state index contributed by atoms with van der Waals surface area (Å²) in [5.74, 6) is 0. The van der Waals surface area contributed by atoms with Crippen LogP contribution >= 0.6 is 54.8 Å². The van der Waals surface area contributed by atoms with E-state index in [1.165, 1.54) is 0 Å². The van der Waals surface area contributed by atoms with E-state index < -0.39 is 0 Å². The molecule has 0 aliphatic rings. The van der Waals surface area contributed by atoms with Crippen molar-refractivity contribution in [3.05, 3.63) is 50.4 Å². The van der Waals surface area contributed by atoms with Gasteiger partial charge in [-0.3, -0.25) is 0 Å². The largest absolute Gasteiger partial charge is 0.330 e. The lowest BCUT2D eigenvalue weighted by Crippen LogP contribution is -1.89. The van der Waals surface area contributed by atoms with Gasteiger partial charge in [-0.25, -0.2) is 4.98 Å². The summed E-state index contributed by atoms with van der Waals surface area (Å²) < 4.78 is 3.12. The Kier molecular flexibility index (Phi) is 3.80. The van der Waals surface area contributed by atoms with Gasteiger partial charge in [-0.15, -0.1) is 0 Å². The van der Waals surface area contributed by atoms with Crippen LogP contribution in [0.3, 0.4) is 0 Å². The Bertz CT molecular complexity index is 757. The maximum absolute atomic E-state index is 6.18. The maximum Gasteiger partial charge on any atom is 0.188 e. The fourth-order valence-electron chi connectivity index (χ4n) is 1.66. The first-order valence-electron chi connectivity index (χ1n) is 5.40. The quantitative estimate of drug-likeness (QED) is 0.534. The van der Waals surface area contributed by atoms with Gasteiger partial charge in [0.2, 0.25) is 0 Å². The van der Waals surface area contributed by atoms with Crippen LogP contribution in [0.15, 0.2) is 45.3 Å². The third kappa shape index (κ3) is 2.94. The topological polar surface area (TPSA) is 24.9 Å². The summed E-state index contributed by atoms with van der Waals surface area (Å²) in [7, 11) is 0. The molecule has 0 radical (unpaired) electrons. The first-order valence-corrected chi connectivity index (χ1v) is 8.18. The molecule has 0 aliphatic carbocycles. The standard InChI is InChI=1S/C13H7Br2ClN2S/c14-7-1-3-10(9(16)5-7)17-13-18-11-6-8(15)2-4-12(11)19-13/h1-6H,(H,17,18). The molecule has 2 nitrogen and oxygen atoms in total. The highest BCUT2D eigenvalue weighted by atomic mass is 79.9. The van der Waals surface area contributed by atoms with Crippen molar-refractivity contribution in [2.24, 2.45) is 0 Å². The second kappa shape index (κ2) is 5.40. The summed E-state index contributed by atoms with van der Waals surface area (Å²) in [6, 6.07) is 11.8. The zero-order valence-corrected chi connectivity index (χ0v) is 14.2. The summed E-state index contributed by atoms with van der Waals surface area (Å²) in [6.07, 6.45) is 0. The number of hydrogen-bond donors (Lipinski definition) is 1. The van der Waals surface area contributed by atoms with E-state index in [9.17, 15) is 0 Å². The molecule has 0 saturated carbocycles. The Morgan fingerprint density at radius 3 is 2.58 bits per heavy atom. The molecule has 0 saturated heterocycles. The number of nitrogens with one attached hydrogen (secondary N) is 1. The van der Waals surface area contributed by atoms with Crippen LogP contribution in [0.2, 0.25) is 5.02 Å². The average Bonchev–Trinajstić information content (AvgIpc) is 2.74. The second-order valence-electron chi connectivity index (χ2n) is 3.88.